The van der Waals surface area contributed by atoms with Gasteiger partial charge in [0.15, 0.2) is 0 Å². The summed E-state index contributed by atoms with van der Waals surface area (Å²) in [5, 5.41) is 5.09. The predicted octanol–water partition coefficient (Wildman–Crippen LogP) is 1.63. The Labute approximate surface area is 94.3 Å². The van der Waals surface area contributed by atoms with Gasteiger partial charge < -0.3 is 10.6 Å². The lowest BCUT2D eigenvalue weighted by molar-refractivity contribution is -0.116. The number of hydrogen-bond donors (Lipinski definition) is 2. The zero-order chi connectivity index (χ0) is 12.0. The Hall–Kier alpha value is -1.91. The smallest absolute Gasteiger partial charge is 0.225 e. The van der Waals surface area contributed by atoms with Gasteiger partial charge in [-0.2, -0.15) is 0 Å². The number of amides is 2. The van der Waals surface area contributed by atoms with Crippen LogP contribution in [0, 0.1) is 5.92 Å². The Morgan fingerprint density at radius 2 is 2.12 bits per heavy atom. The molecule has 2 N–H and O–H groups in total. The first-order chi connectivity index (χ1) is 7.61. The molecule has 0 aliphatic heterocycles. The lowest BCUT2D eigenvalue weighted by atomic mass is 10.1. The van der Waals surface area contributed by atoms with Gasteiger partial charge in [-0.1, -0.05) is 19.9 Å². The number of anilines is 2. The van der Waals surface area contributed by atoms with E-state index in [1.165, 1.54) is 0 Å². The van der Waals surface area contributed by atoms with Gasteiger partial charge in [-0.3, -0.25) is 9.59 Å². The average Bonchev–Trinajstić information content (AvgIpc) is 2.17. The van der Waals surface area contributed by atoms with Gasteiger partial charge in [0.25, 0.3) is 0 Å². The van der Waals surface area contributed by atoms with Crippen LogP contribution in [0.15, 0.2) is 18.2 Å². The van der Waals surface area contributed by atoms with E-state index in [0.717, 1.165) is 0 Å². The minimum absolute atomic E-state index is 0.0780. The number of nitrogens with one attached hydrogen (secondary N) is 2. The maximum atomic E-state index is 11.5. The summed E-state index contributed by atoms with van der Waals surface area (Å²) in [7, 11) is 0. The quantitative estimate of drug-likeness (QED) is 0.742. The van der Waals surface area contributed by atoms with Crippen molar-refractivity contribution in [1.29, 1.82) is 0 Å². The van der Waals surface area contributed by atoms with Crippen molar-refractivity contribution in [3.8, 4) is 0 Å². The van der Waals surface area contributed by atoms with E-state index < -0.39 is 0 Å². The van der Waals surface area contributed by atoms with E-state index in [-0.39, 0.29) is 5.91 Å². The van der Waals surface area contributed by atoms with Gasteiger partial charge >= 0.3 is 0 Å². The molecule has 0 saturated heterocycles. The van der Waals surface area contributed by atoms with Crippen molar-refractivity contribution < 1.29 is 9.59 Å². The number of nitrogens with zero attached hydrogens (tertiary/aromatic N) is 1. The van der Waals surface area contributed by atoms with Crippen LogP contribution in [0.2, 0.25) is 0 Å². The highest BCUT2D eigenvalue weighted by atomic mass is 16.1. The molecule has 16 heavy (non-hydrogen) atoms. The molecule has 86 valence electrons. The molecule has 0 aliphatic rings. The molecular weight excluding hydrogens is 206 g/mol. The number of carbonyl (C=O) groups excluding carboxylic acids is 2. The summed E-state index contributed by atoms with van der Waals surface area (Å²) in [6, 6.07) is 5.03. The minimum atomic E-state index is -0.0780. The van der Waals surface area contributed by atoms with Crippen molar-refractivity contribution in [2.45, 2.75) is 20.3 Å². The Bertz CT molecular complexity index is 377. The summed E-state index contributed by atoms with van der Waals surface area (Å²) in [6.07, 6.45) is 0.995. The number of pyridine rings is 1. The Morgan fingerprint density at radius 1 is 1.44 bits per heavy atom. The highest BCUT2D eigenvalue weighted by Crippen LogP contribution is 2.09. The summed E-state index contributed by atoms with van der Waals surface area (Å²) >= 11 is 0. The van der Waals surface area contributed by atoms with Crippen molar-refractivity contribution in [2.24, 2.45) is 5.92 Å². The molecule has 0 saturated carbocycles. The number of carbonyl (C=O) groups is 2. The number of hydrogen-bond acceptors (Lipinski definition) is 3. The maximum absolute atomic E-state index is 11.5. The van der Waals surface area contributed by atoms with Crippen LogP contribution in [0.5, 0.6) is 0 Å². The molecule has 0 bridgehead atoms. The van der Waals surface area contributed by atoms with Gasteiger partial charge in [-0.05, 0) is 18.1 Å². The predicted molar refractivity (Wildman–Crippen MR) is 62.0 cm³/mol. The molecule has 1 rings (SSSR count). The summed E-state index contributed by atoms with van der Waals surface area (Å²) in [6.45, 7) is 3.94. The Morgan fingerprint density at radius 3 is 2.75 bits per heavy atom. The van der Waals surface area contributed by atoms with Crippen LogP contribution in [-0.4, -0.2) is 17.3 Å². The zero-order valence-corrected chi connectivity index (χ0v) is 9.36. The molecule has 1 aromatic heterocycles. The van der Waals surface area contributed by atoms with Crippen LogP contribution in [-0.2, 0) is 9.59 Å². The van der Waals surface area contributed by atoms with E-state index in [0.29, 0.717) is 30.4 Å². The van der Waals surface area contributed by atoms with Crippen LogP contribution >= 0.6 is 0 Å². The molecule has 0 aromatic carbocycles. The number of rotatable bonds is 5. The standard InChI is InChI=1S/C11H15N3O2/c1-8(2)6-11(16)14-10-5-3-4-9(13-10)12-7-15/h3-5,7-8H,6H2,1-2H3,(H2,12,13,14,15,16). The van der Waals surface area contributed by atoms with Crippen molar-refractivity contribution >= 4 is 24.0 Å². The third kappa shape index (κ3) is 4.08. The summed E-state index contributed by atoms with van der Waals surface area (Å²) in [4.78, 5) is 25.7. The van der Waals surface area contributed by atoms with Crippen LogP contribution in [0.1, 0.15) is 20.3 Å². The van der Waals surface area contributed by atoms with Crippen molar-refractivity contribution in [3.63, 3.8) is 0 Å². The molecule has 2 amide bonds. The molecule has 1 heterocycles. The molecule has 5 nitrogen and oxygen atoms in total. The highest BCUT2D eigenvalue weighted by Gasteiger charge is 2.06. The second-order valence-corrected chi connectivity index (χ2v) is 3.82. The van der Waals surface area contributed by atoms with Crippen molar-refractivity contribution in [2.75, 3.05) is 10.6 Å². The van der Waals surface area contributed by atoms with Gasteiger partial charge in [0.2, 0.25) is 12.3 Å². The van der Waals surface area contributed by atoms with Crippen LogP contribution in [0.4, 0.5) is 11.6 Å². The molecule has 0 aliphatic carbocycles. The SMILES string of the molecule is CC(C)CC(=O)Nc1cccc(NC=O)n1. The van der Waals surface area contributed by atoms with Crippen LogP contribution in [0.3, 0.4) is 0 Å². The third-order valence-electron chi connectivity index (χ3n) is 1.82. The molecule has 1 aromatic rings. The van der Waals surface area contributed by atoms with E-state index in [1.807, 2.05) is 13.8 Å². The number of aromatic nitrogens is 1. The first kappa shape index (κ1) is 12.2. The van der Waals surface area contributed by atoms with Crippen LogP contribution in [0.25, 0.3) is 0 Å². The van der Waals surface area contributed by atoms with Gasteiger partial charge in [-0.15, -0.1) is 0 Å². The van der Waals surface area contributed by atoms with E-state index >= 15 is 0 Å². The molecular formula is C11H15N3O2. The summed E-state index contributed by atoms with van der Waals surface area (Å²) in [5.74, 6) is 1.08. The monoisotopic (exact) mass is 221 g/mol. The van der Waals surface area contributed by atoms with Gasteiger partial charge in [0.1, 0.15) is 11.6 Å². The normalized spacial score (nSPS) is 9.94. The van der Waals surface area contributed by atoms with Crippen molar-refractivity contribution in [3.05, 3.63) is 18.2 Å². The topological polar surface area (TPSA) is 71.1 Å². The van der Waals surface area contributed by atoms with Crippen LogP contribution < -0.4 is 10.6 Å². The maximum Gasteiger partial charge on any atom is 0.225 e. The summed E-state index contributed by atoms with van der Waals surface area (Å²) in [5.41, 5.74) is 0. The molecule has 0 radical (unpaired) electrons. The highest BCUT2D eigenvalue weighted by molar-refractivity contribution is 5.90. The fraction of sp³-hybridized carbons (Fsp3) is 0.364. The van der Waals surface area contributed by atoms with E-state index in [2.05, 4.69) is 15.6 Å². The second-order valence-electron chi connectivity index (χ2n) is 3.82. The summed E-state index contributed by atoms with van der Waals surface area (Å²) < 4.78 is 0. The fourth-order valence-corrected chi connectivity index (χ4v) is 1.21. The molecule has 0 unspecified atom stereocenters. The van der Waals surface area contributed by atoms with Crippen molar-refractivity contribution in [1.82, 2.24) is 4.98 Å². The molecule has 0 spiro atoms. The largest absolute Gasteiger partial charge is 0.313 e. The second kappa shape index (κ2) is 5.85. The molecule has 5 heteroatoms. The molecule has 0 fully saturated rings. The van der Waals surface area contributed by atoms with Gasteiger partial charge in [0, 0.05) is 6.42 Å². The minimum Gasteiger partial charge on any atom is -0.313 e. The average molecular weight is 221 g/mol. The fourth-order valence-electron chi connectivity index (χ4n) is 1.21. The van der Waals surface area contributed by atoms with E-state index in [4.69, 9.17) is 0 Å². The lowest BCUT2D eigenvalue weighted by Gasteiger charge is -2.07. The van der Waals surface area contributed by atoms with Gasteiger partial charge in [0.05, 0.1) is 0 Å². The zero-order valence-electron chi connectivity index (χ0n) is 9.36. The lowest BCUT2D eigenvalue weighted by Crippen LogP contribution is -2.15. The molecule has 0 atom stereocenters. The Balaban J connectivity index is 2.62. The van der Waals surface area contributed by atoms with Gasteiger partial charge in [-0.25, -0.2) is 4.98 Å². The van der Waals surface area contributed by atoms with E-state index in [1.54, 1.807) is 18.2 Å². The van der Waals surface area contributed by atoms with E-state index in [9.17, 15) is 9.59 Å². The third-order valence-corrected chi connectivity index (χ3v) is 1.82. The first-order valence-electron chi connectivity index (χ1n) is 5.09. The first-order valence-corrected chi connectivity index (χ1v) is 5.09. The Kier molecular flexibility index (Phi) is 4.44.